The highest BCUT2D eigenvalue weighted by Gasteiger charge is 2.33. The number of ether oxygens (including phenoxy) is 1. The fraction of sp³-hybridized carbons (Fsp3) is 0.333. The molecule has 0 saturated carbocycles. The minimum atomic E-state index is -4.48. The van der Waals surface area contributed by atoms with Gasteiger partial charge in [0.15, 0.2) is 0 Å². The second-order valence-corrected chi connectivity index (χ2v) is 6.31. The van der Waals surface area contributed by atoms with Crippen molar-refractivity contribution >= 4 is 23.6 Å². The van der Waals surface area contributed by atoms with Crippen LogP contribution in [0.5, 0.6) is 0 Å². The van der Waals surface area contributed by atoms with Crippen LogP contribution in [0.25, 0.3) is 16.8 Å². The minimum absolute atomic E-state index is 0. The summed E-state index contributed by atoms with van der Waals surface area (Å²) in [4.78, 5) is 6.39. The van der Waals surface area contributed by atoms with E-state index in [9.17, 15) is 13.2 Å². The first-order valence-electron chi connectivity index (χ1n) is 8.54. The minimum Gasteiger partial charge on any atom is -0.378 e. The first kappa shape index (κ1) is 20.4. The number of nitrogens with two attached hydrogens (primary N) is 1. The fourth-order valence-electron chi connectivity index (χ4n) is 3.30. The number of halogens is 4. The lowest BCUT2D eigenvalue weighted by atomic mass is 10.0. The van der Waals surface area contributed by atoms with Crippen LogP contribution in [-0.4, -0.2) is 40.9 Å². The van der Waals surface area contributed by atoms with Gasteiger partial charge in [-0.25, -0.2) is 9.50 Å². The van der Waals surface area contributed by atoms with Crippen molar-refractivity contribution in [3.8, 4) is 11.3 Å². The molecule has 1 aromatic carbocycles. The Morgan fingerprint density at radius 1 is 1.14 bits per heavy atom. The van der Waals surface area contributed by atoms with Gasteiger partial charge in [-0.1, -0.05) is 12.1 Å². The summed E-state index contributed by atoms with van der Waals surface area (Å²) in [6.45, 7) is 2.60. The Labute approximate surface area is 165 Å². The molecule has 2 N–H and O–H groups in total. The third kappa shape index (κ3) is 3.78. The van der Waals surface area contributed by atoms with E-state index in [0.717, 1.165) is 24.8 Å². The molecule has 0 radical (unpaired) electrons. The summed E-state index contributed by atoms with van der Waals surface area (Å²) in [5.74, 6) is 0. The zero-order valence-electron chi connectivity index (χ0n) is 14.8. The van der Waals surface area contributed by atoms with E-state index in [2.05, 4.69) is 15.0 Å². The van der Waals surface area contributed by atoms with Crippen molar-refractivity contribution in [2.45, 2.75) is 12.7 Å². The van der Waals surface area contributed by atoms with Gasteiger partial charge in [0, 0.05) is 25.2 Å². The standard InChI is InChI=1S/C18H18F3N5O.ClH/c19-18(20,21)15-7-12(1-2-13(15)9-22)17-16-8-14(10-26(16)24-11-23-17)25-3-5-27-6-4-25;/h1-2,7-8,10-11H,3-6,9,22H2;1H. The quantitative estimate of drug-likeness (QED) is 0.714. The molecular formula is C18H19ClF3N5O. The molecule has 1 fully saturated rings. The fourth-order valence-corrected chi connectivity index (χ4v) is 3.30. The van der Waals surface area contributed by atoms with Gasteiger partial charge in [0.2, 0.25) is 0 Å². The number of anilines is 1. The molecule has 1 aliphatic heterocycles. The summed E-state index contributed by atoms with van der Waals surface area (Å²) in [5, 5.41) is 4.19. The van der Waals surface area contributed by atoms with Crippen molar-refractivity contribution in [3.63, 3.8) is 0 Å². The maximum Gasteiger partial charge on any atom is 0.416 e. The molecule has 150 valence electrons. The van der Waals surface area contributed by atoms with Gasteiger partial charge < -0.3 is 15.4 Å². The van der Waals surface area contributed by atoms with E-state index in [1.54, 1.807) is 10.6 Å². The van der Waals surface area contributed by atoms with Crippen LogP contribution in [0.15, 0.2) is 36.8 Å². The molecule has 0 aliphatic carbocycles. The Morgan fingerprint density at radius 3 is 2.57 bits per heavy atom. The smallest absolute Gasteiger partial charge is 0.378 e. The van der Waals surface area contributed by atoms with Gasteiger partial charge in [0.05, 0.1) is 41.9 Å². The van der Waals surface area contributed by atoms with Crippen LogP contribution >= 0.6 is 12.4 Å². The maximum absolute atomic E-state index is 13.4. The summed E-state index contributed by atoms with van der Waals surface area (Å²) < 4.78 is 47.1. The molecule has 2 aromatic heterocycles. The van der Waals surface area contributed by atoms with Crippen LogP contribution in [-0.2, 0) is 17.5 Å². The molecule has 0 amide bonds. The average Bonchev–Trinajstić information content (AvgIpc) is 3.12. The Balaban J connectivity index is 0.00000225. The monoisotopic (exact) mass is 413 g/mol. The van der Waals surface area contributed by atoms with Gasteiger partial charge in [0.25, 0.3) is 0 Å². The molecule has 0 bridgehead atoms. The van der Waals surface area contributed by atoms with Crippen molar-refractivity contribution in [1.82, 2.24) is 14.6 Å². The van der Waals surface area contributed by atoms with Gasteiger partial charge in [-0.2, -0.15) is 18.3 Å². The normalized spacial score (nSPS) is 14.9. The molecule has 3 heterocycles. The van der Waals surface area contributed by atoms with Crippen molar-refractivity contribution in [2.24, 2.45) is 5.73 Å². The SMILES string of the molecule is Cl.NCc1ccc(-c2ncnn3cc(N4CCOCC4)cc23)cc1C(F)(F)F. The molecule has 0 unspecified atom stereocenters. The van der Waals surface area contributed by atoms with Crippen LogP contribution in [0.1, 0.15) is 11.1 Å². The first-order chi connectivity index (χ1) is 13.0. The molecule has 1 aliphatic rings. The number of morpholine rings is 1. The van der Waals surface area contributed by atoms with E-state index in [4.69, 9.17) is 10.5 Å². The highest BCUT2D eigenvalue weighted by molar-refractivity contribution is 5.85. The average molecular weight is 414 g/mol. The summed E-state index contributed by atoms with van der Waals surface area (Å²) in [6.07, 6.45) is -1.28. The number of nitrogens with zero attached hydrogens (tertiary/aromatic N) is 4. The molecule has 4 rings (SSSR count). The van der Waals surface area contributed by atoms with Gasteiger partial charge in [-0.05, 0) is 17.7 Å². The van der Waals surface area contributed by atoms with Crippen LogP contribution in [0.2, 0.25) is 0 Å². The molecule has 3 aromatic rings. The number of aromatic nitrogens is 3. The Bertz CT molecular complexity index is 969. The van der Waals surface area contributed by atoms with Crippen molar-refractivity contribution in [2.75, 3.05) is 31.2 Å². The van der Waals surface area contributed by atoms with Crippen molar-refractivity contribution in [1.29, 1.82) is 0 Å². The summed E-state index contributed by atoms with van der Waals surface area (Å²) in [6, 6.07) is 6.01. The number of fused-ring (bicyclic) bond motifs is 1. The van der Waals surface area contributed by atoms with E-state index in [-0.39, 0.29) is 24.5 Å². The second kappa shape index (κ2) is 7.94. The van der Waals surface area contributed by atoms with Gasteiger partial charge >= 0.3 is 6.18 Å². The van der Waals surface area contributed by atoms with E-state index in [1.165, 1.54) is 12.4 Å². The number of benzene rings is 1. The number of hydrogen-bond acceptors (Lipinski definition) is 5. The van der Waals surface area contributed by atoms with E-state index < -0.39 is 11.7 Å². The number of hydrogen-bond donors (Lipinski definition) is 1. The summed E-state index contributed by atoms with van der Waals surface area (Å²) in [5.41, 5.74) is 7.19. The zero-order valence-corrected chi connectivity index (χ0v) is 15.6. The Morgan fingerprint density at radius 2 is 1.89 bits per heavy atom. The third-order valence-electron chi connectivity index (χ3n) is 4.68. The van der Waals surface area contributed by atoms with E-state index in [1.807, 2.05) is 12.3 Å². The van der Waals surface area contributed by atoms with Crippen LogP contribution in [0, 0.1) is 0 Å². The second-order valence-electron chi connectivity index (χ2n) is 6.31. The lowest BCUT2D eigenvalue weighted by Crippen LogP contribution is -2.35. The maximum atomic E-state index is 13.4. The van der Waals surface area contributed by atoms with Gasteiger partial charge in [-0.3, -0.25) is 0 Å². The highest BCUT2D eigenvalue weighted by atomic mass is 35.5. The predicted molar refractivity (Wildman–Crippen MR) is 102 cm³/mol. The Kier molecular flexibility index (Phi) is 5.78. The van der Waals surface area contributed by atoms with Crippen molar-refractivity contribution < 1.29 is 17.9 Å². The van der Waals surface area contributed by atoms with Gasteiger partial charge in [-0.15, -0.1) is 12.4 Å². The van der Waals surface area contributed by atoms with Gasteiger partial charge in [0.1, 0.15) is 6.33 Å². The zero-order chi connectivity index (χ0) is 19.0. The lowest BCUT2D eigenvalue weighted by molar-refractivity contribution is -0.138. The highest BCUT2D eigenvalue weighted by Crippen LogP contribution is 2.36. The number of alkyl halides is 3. The lowest BCUT2D eigenvalue weighted by Gasteiger charge is -2.27. The summed E-state index contributed by atoms with van der Waals surface area (Å²) in [7, 11) is 0. The molecule has 6 nitrogen and oxygen atoms in total. The molecule has 0 spiro atoms. The first-order valence-corrected chi connectivity index (χ1v) is 8.54. The number of rotatable bonds is 3. The molecule has 0 atom stereocenters. The summed E-state index contributed by atoms with van der Waals surface area (Å²) >= 11 is 0. The van der Waals surface area contributed by atoms with Crippen molar-refractivity contribution in [3.05, 3.63) is 47.9 Å². The molecule has 10 heteroatoms. The van der Waals surface area contributed by atoms with Crippen LogP contribution in [0.3, 0.4) is 0 Å². The largest absolute Gasteiger partial charge is 0.416 e. The van der Waals surface area contributed by atoms with Crippen LogP contribution in [0.4, 0.5) is 18.9 Å². The van der Waals surface area contributed by atoms with Crippen LogP contribution < -0.4 is 10.6 Å². The topological polar surface area (TPSA) is 68.7 Å². The predicted octanol–water partition coefficient (Wildman–Crippen LogP) is 3.13. The molecule has 28 heavy (non-hydrogen) atoms. The molecular weight excluding hydrogens is 395 g/mol. The Hall–Kier alpha value is -2.36. The van der Waals surface area contributed by atoms with E-state index >= 15 is 0 Å². The molecule has 1 saturated heterocycles. The van der Waals surface area contributed by atoms with E-state index in [0.29, 0.717) is 30.0 Å². The third-order valence-corrected chi connectivity index (χ3v) is 4.68.